The van der Waals surface area contributed by atoms with E-state index in [0.29, 0.717) is 13.1 Å². The first kappa shape index (κ1) is 14.8. The summed E-state index contributed by atoms with van der Waals surface area (Å²) in [4.78, 5) is 22.3. The Morgan fingerprint density at radius 1 is 1.22 bits per heavy atom. The molecule has 2 amide bonds. The Labute approximate surface area is 108 Å². The van der Waals surface area contributed by atoms with Crippen LogP contribution in [0.2, 0.25) is 0 Å². The third-order valence-corrected chi connectivity index (χ3v) is 3.63. The van der Waals surface area contributed by atoms with Gasteiger partial charge >= 0.3 is 12.0 Å². The van der Waals surface area contributed by atoms with Gasteiger partial charge in [0.05, 0.1) is 6.42 Å². The van der Waals surface area contributed by atoms with Crippen LogP contribution in [0, 0.1) is 5.41 Å². The van der Waals surface area contributed by atoms with Crippen LogP contribution < -0.4 is 10.6 Å². The van der Waals surface area contributed by atoms with E-state index < -0.39 is 5.97 Å². The van der Waals surface area contributed by atoms with Gasteiger partial charge in [0, 0.05) is 13.1 Å². The molecule has 1 saturated carbocycles. The van der Waals surface area contributed by atoms with Crippen molar-refractivity contribution in [1.82, 2.24) is 10.6 Å². The van der Waals surface area contributed by atoms with E-state index in [0.717, 1.165) is 38.5 Å². The molecule has 3 N–H and O–H groups in total. The van der Waals surface area contributed by atoms with E-state index >= 15 is 0 Å². The van der Waals surface area contributed by atoms with Gasteiger partial charge < -0.3 is 15.7 Å². The molecule has 0 atom stereocenters. The number of carbonyl (C=O) groups excluding carboxylic acids is 1. The SMILES string of the molecule is CCCCCNC(=O)NCC1(CC(=O)O)CCC1. The number of rotatable bonds is 8. The van der Waals surface area contributed by atoms with Crippen LogP contribution in [0.1, 0.15) is 51.9 Å². The molecule has 0 aromatic carbocycles. The van der Waals surface area contributed by atoms with Crippen molar-refractivity contribution in [1.29, 1.82) is 0 Å². The lowest BCUT2D eigenvalue weighted by molar-refractivity contribution is -0.141. The lowest BCUT2D eigenvalue weighted by Gasteiger charge is -2.40. The summed E-state index contributed by atoms with van der Waals surface area (Å²) >= 11 is 0. The first-order chi connectivity index (χ1) is 8.58. The van der Waals surface area contributed by atoms with E-state index in [9.17, 15) is 9.59 Å². The highest BCUT2D eigenvalue weighted by Crippen LogP contribution is 2.43. The molecule has 1 rings (SSSR count). The summed E-state index contributed by atoms with van der Waals surface area (Å²) < 4.78 is 0. The maximum Gasteiger partial charge on any atom is 0.314 e. The Morgan fingerprint density at radius 2 is 1.94 bits per heavy atom. The Hall–Kier alpha value is -1.26. The fourth-order valence-corrected chi connectivity index (χ4v) is 2.32. The van der Waals surface area contributed by atoms with Crippen molar-refractivity contribution in [2.45, 2.75) is 51.9 Å². The van der Waals surface area contributed by atoms with Gasteiger partial charge in [-0.05, 0) is 24.7 Å². The molecule has 0 aromatic heterocycles. The summed E-state index contributed by atoms with van der Waals surface area (Å²) in [5.74, 6) is -0.778. The molecule has 104 valence electrons. The summed E-state index contributed by atoms with van der Waals surface area (Å²) in [6.07, 6.45) is 6.25. The molecule has 1 aliphatic carbocycles. The van der Waals surface area contributed by atoms with Crippen molar-refractivity contribution < 1.29 is 14.7 Å². The van der Waals surface area contributed by atoms with Gasteiger partial charge in [-0.15, -0.1) is 0 Å². The molecule has 0 spiro atoms. The van der Waals surface area contributed by atoms with Crippen LogP contribution in [0.25, 0.3) is 0 Å². The molecule has 0 aliphatic heterocycles. The summed E-state index contributed by atoms with van der Waals surface area (Å²) in [6, 6.07) is -0.178. The Kier molecular flexibility index (Phi) is 5.95. The average molecular weight is 256 g/mol. The van der Waals surface area contributed by atoms with Crippen LogP contribution in [0.3, 0.4) is 0 Å². The molecule has 0 heterocycles. The normalized spacial score (nSPS) is 16.7. The summed E-state index contributed by atoms with van der Waals surface area (Å²) in [5, 5.41) is 14.4. The average Bonchev–Trinajstić information content (AvgIpc) is 2.27. The number of nitrogens with one attached hydrogen (secondary N) is 2. The van der Waals surface area contributed by atoms with Gasteiger partial charge in [-0.25, -0.2) is 4.79 Å². The van der Waals surface area contributed by atoms with E-state index in [4.69, 9.17) is 5.11 Å². The lowest BCUT2D eigenvalue weighted by Crippen LogP contribution is -2.46. The molecular weight excluding hydrogens is 232 g/mol. The Bertz CT molecular complexity index is 288. The number of carbonyl (C=O) groups is 2. The van der Waals surface area contributed by atoms with E-state index in [1.54, 1.807) is 0 Å². The van der Waals surface area contributed by atoms with Gasteiger partial charge in [0.1, 0.15) is 0 Å². The number of amides is 2. The van der Waals surface area contributed by atoms with Crippen molar-refractivity contribution in [3.8, 4) is 0 Å². The zero-order valence-electron chi connectivity index (χ0n) is 11.1. The van der Waals surface area contributed by atoms with Crippen LogP contribution >= 0.6 is 0 Å². The van der Waals surface area contributed by atoms with Gasteiger partial charge in [0.25, 0.3) is 0 Å². The van der Waals surface area contributed by atoms with E-state index in [1.807, 2.05) is 0 Å². The Morgan fingerprint density at radius 3 is 2.44 bits per heavy atom. The largest absolute Gasteiger partial charge is 0.481 e. The van der Waals surface area contributed by atoms with Crippen molar-refractivity contribution in [3.05, 3.63) is 0 Å². The van der Waals surface area contributed by atoms with Crippen molar-refractivity contribution in [2.75, 3.05) is 13.1 Å². The first-order valence-electron chi connectivity index (χ1n) is 6.81. The van der Waals surface area contributed by atoms with E-state index in [-0.39, 0.29) is 17.9 Å². The number of carboxylic acid groups (broad SMARTS) is 1. The van der Waals surface area contributed by atoms with Crippen LogP contribution in [0.4, 0.5) is 4.79 Å². The van der Waals surface area contributed by atoms with Gasteiger partial charge in [0.2, 0.25) is 0 Å². The van der Waals surface area contributed by atoms with E-state index in [1.165, 1.54) is 0 Å². The van der Waals surface area contributed by atoms with E-state index in [2.05, 4.69) is 17.6 Å². The fourth-order valence-electron chi connectivity index (χ4n) is 2.32. The molecule has 0 bridgehead atoms. The zero-order chi connectivity index (χ0) is 13.4. The topological polar surface area (TPSA) is 78.4 Å². The second kappa shape index (κ2) is 7.24. The third kappa shape index (κ3) is 4.94. The minimum Gasteiger partial charge on any atom is -0.481 e. The third-order valence-electron chi connectivity index (χ3n) is 3.63. The van der Waals surface area contributed by atoms with Gasteiger partial charge in [-0.1, -0.05) is 26.2 Å². The summed E-state index contributed by atoms with van der Waals surface area (Å²) in [5.41, 5.74) is -0.202. The highest BCUT2D eigenvalue weighted by atomic mass is 16.4. The highest BCUT2D eigenvalue weighted by molar-refractivity contribution is 5.74. The van der Waals surface area contributed by atoms with Crippen LogP contribution in [0.15, 0.2) is 0 Å². The van der Waals surface area contributed by atoms with Gasteiger partial charge in [0.15, 0.2) is 0 Å². The molecule has 0 unspecified atom stereocenters. The number of unbranched alkanes of at least 4 members (excludes halogenated alkanes) is 2. The highest BCUT2D eigenvalue weighted by Gasteiger charge is 2.39. The molecular formula is C13H24N2O3. The van der Waals surface area contributed by atoms with Crippen molar-refractivity contribution in [3.63, 3.8) is 0 Å². The molecule has 1 aliphatic rings. The fraction of sp³-hybridized carbons (Fsp3) is 0.846. The van der Waals surface area contributed by atoms with Crippen LogP contribution in [-0.2, 0) is 4.79 Å². The maximum atomic E-state index is 11.5. The maximum absolute atomic E-state index is 11.5. The molecule has 5 nitrogen and oxygen atoms in total. The van der Waals surface area contributed by atoms with Crippen molar-refractivity contribution in [2.24, 2.45) is 5.41 Å². The molecule has 5 heteroatoms. The number of carboxylic acids is 1. The van der Waals surface area contributed by atoms with Crippen LogP contribution in [-0.4, -0.2) is 30.2 Å². The van der Waals surface area contributed by atoms with Crippen molar-refractivity contribution >= 4 is 12.0 Å². The number of urea groups is 1. The molecule has 18 heavy (non-hydrogen) atoms. The summed E-state index contributed by atoms with van der Waals surface area (Å²) in [7, 11) is 0. The second-order valence-electron chi connectivity index (χ2n) is 5.24. The monoisotopic (exact) mass is 256 g/mol. The molecule has 0 saturated heterocycles. The predicted molar refractivity (Wildman–Crippen MR) is 69.5 cm³/mol. The van der Waals surface area contributed by atoms with Gasteiger partial charge in [-0.3, -0.25) is 4.79 Å². The van der Waals surface area contributed by atoms with Crippen LogP contribution in [0.5, 0.6) is 0 Å². The Balaban J connectivity index is 2.18. The minimum atomic E-state index is -0.778. The molecule has 0 aromatic rings. The first-order valence-corrected chi connectivity index (χ1v) is 6.81. The second-order valence-corrected chi connectivity index (χ2v) is 5.24. The molecule has 0 radical (unpaired) electrons. The van der Waals surface area contributed by atoms with Gasteiger partial charge in [-0.2, -0.15) is 0 Å². The lowest BCUT2D eigenvalue weighted by atomic mass is 9.66. The number of hydrogen-bond acceptors (Lipinski definition) is 2. The molecule has 1 fully saturated rings. The number of aliphatic carboxylic acids is 1. The minimum absolute atomic E-state index is 0.156. The quantitative estimate of drug-likeness (QED) is 0.582. The number of hydrogen-bond donors (Lipinski definition) is 3. The zero-order valence-corrected chi connectivity index (χ0v) is 11.1. The smallest absolute Gasteiger partial charge is 0.314 e. The standard InChI is InChI=1S/C13H24N2O3/c1-2-3-4-8-14-12(18)15-10-13(6-5-7-13)9-11(16)17/h2-10H2,1H3,(H,16,17)(H2,14,15,18). The summed E-state index contributed by atoms with van der Waals surface area (Å²) in [6.45, 7) is 3.27. The predicted octanol–water partition coefficient (Wildman–Crippen LogP) is 2.12.